The molecule has 0 aliphatic carbocycles. The number of rotatable bonds is 4. The Kier molecular flexibility index (Phi) is 4.00. The second-order valence-corrected chi connectivity index (χ2v) is 5.45. The maximum Gasteiger partial charge on any atom is 0.233 e. The molecular formula is C18H19NO3. The summed E-state index contributed by atoms with van der Waals surface area (Å²) >= 11 is 0. The van der Waals surface area contributed by atoms with Crippen LogP contribution in [0.2, 0.25) is 0 Å². The van der Waals surface area contributed by atoms with Gasteiger partial charge >= 0.3 is 0 Å². The molecule has 0 radical (unpaired) electrons. The molecule has 3 rings (SSSR count). The maximum atomic E-state index is 12.7. The summed E-state index contributed by atoms with van der Waals surface area (Å²) < 4.78 is 10.8. The molecule has 0 saturated heterocycles. The number of para-hydroxylation sites is 1. The first-order chi connectivity index (χ1) is 10.7. The monoisotopic (exact) mass is 297 g/mol. The molecule has 1 atom stereocenters. The van der Waals surface area contributed by atoms with E-state index in [9.17, 15) is 4.79 Å². The second kappa shape index (κ2) is 6.10. The van der Waals surface area contributed by atoms with E-state index < -0.39 is 0 Å². The van der Waals surface area contributed by atoms with Gasteiger partial charge < -0.3 is 14.4 Å². The fourth-order valence-corrected chi connectivity index (χ4v) is 2.76. The van der Waals surface area contributed by atoms with E-state index in [-0.39, 0.29) is 11.8 Å². The van der Waals surface area contributed by atoms with Crippen LogP contribution in [0.1, 0.15) is 17.0 Å². The molecule has 2 aromatic rings. The van der Waals surface area contributed by atoms with E-state index in [0.717, 1.165) is 22.6 Å². The molecule has 2 aromatic carbocycles. The molecule has 22 heavy (non-hydrogen) atoms. The number of amides is 1. The fourth-order valence-electron chi connectivity index (χ4n) is 2.76. The van der Waals surface area contributed by atoms with Crippen molar-refractivity contribution < 1.29 is 14.3 Å². The van der Waals surface area contributed by atoms with Crippen molar-refractivity contribution in [1.29, 1.82) is 0 Å². The largest absolute Gasteiger partial charge is 0.497 e. The van der Waals surface area contributed by atoms with Crippen LogP contribution in [-0.2, 0) is 11.3 Å². The Morgan fingerprint density at radius 2 is 2.09 bits per heavy atom. The molecule has 0 fully saturated rings. The molecular weight excluding hydrogens is 278 g/mol. The summed E-state index contributed by atoms with van der Waals surface area (Å²) in [6.07, 6.45) is 0. The molecule has 4 heteroatoms. The van der Waals surface area contributed by atoms with Gasteiger partial charge in [0.1, 0.15) is 24.0 Å². The Balaban J connectivity index is 1.73. The van der Waals surface area contributed by atoms with Gasteiger partial charge in [-0.25, -0.2) is 0 Å². The van der Waals surface area contributed by atoms with Crippen molar-refractivity contribution in [2.45, 2.75) is 12.5 Å². The smallest absolute Gasteiger partial charge is 0.233 e. The van der Waals surface area contributed by atoms with Crippen LogP contribution >= 0.6 is 0 Å². The second-order valence-electron chi connectivity index (χ2n) is 5.45. The van der Waals surface area contributed by atoms with E-state index in [0.29, 0.717) is 13.2 Å². The van der Waals surface area contributed by atoms with Gasteiger partial charge in [0, 0.05) is 19.2 Å². The summed E-state index contributed by atoms with van der Waals surface area (Å²) in [5, 5.41) is 0. The molecule has 1 aliphatic heterocycles. The highest BCUT2D eigenvalue weighted by Crippen LogP contribution is 2.34. The van der Waals surface area contributed by atoms with Crippen LogP contribution in [-0.4, -0.2) is 31.6 Å². The van der Waals surface area contributed by atoms with Crippen LogP contribution in [0.15, 0.2) is 48.5 Å². The Morgan fingerprint density at radius 3 is 2.91 bits per heavy atom. The lowest BCUT2D eigenvalue weighted by molar-refractivity contribution is -0.132. The Labute approximate surface area is 130 Å². The molecule has 0 spiro atoms. The summed E-state index contributed by atoms with van der Waals surface area (Å²) in [5.74, 6) is 1.48. The van der Waals surface area contributed by atoms with Crippen LogP contribution < -0.4 is 9.47 Å². The van der Waals surface area contributed by atoms with Gasteiger partial charge in [0.25, 0.3) is 0 Å². The number of methoxy groups -OCH3 is 1. The predicted octanol–water partition coefficient (Wildman–Crippen LogP) is 2.83. The molecule has 0 bridgehead atoms. The number of likely N-dealkylation sites (N-methyl/N-ethyl adjacent to an activating group) is 1. The molecule has 1 heterocycles. The van der Waals surface area contributed by atoms with Crippen molar-refractivity contribution in [1.82, 2.24) is 4.90 Å². The highest BCUT2D eigenvalue weighted by atomic mass is 16.5. The topological polar surface area (TPSA) is 38.8 Å². The standard InChI is InChI=1S/C18H19NO3/c1-19(11-13-6-5-7-14(10-13)21-2)18(20)16-12-22-17-9-4-3-8-15(16)17/h3-10,16H,11-12H2,1-2H3/t16-/m1/s1. The van der Waals surface area contributed by atoms with Crippen LogP contribution in [0.25, 0.3) is 0 Å². The molecule has 4 nitrogen and oxygen atoms in total. The third kappa shape index (κ3) is 2.77. The summed E-state index contributed by atoms with van der Waals surface area (Å²) in [6.45, 7) is 0.968. The van der Waals surface area contributed by atoms with E-state index in [1.54, 1.807) is 12.0 Å². The SMILES string of the molecule is COc1cccc(CN(C)C(=O)[C@@H]2COc3ccccc32)c1. The summed E-state index contributed by atoms with van der Waals surface area (Å²) in [6, 6.07) is 15.5. The minimum atomic E-state index is -0.216. The quantitative estimate of drug-likeness (QED) is 0.871. The third-order valence-electron chi connectivity index (χ3n) is 3.93. The minimum Gasteiger partial charge on any atom is -0.497 e. The molecule has 0 unspecified atom stereocenters. The van der Waals surface area contributed by atoms with Crippen molar-refractivity contribution in [3.63, 3.8) is 0 Å². The Hall–Kier alpha value is -2.49. The molecule has 0 saturated carbocycles. The van der Waals surface area contributed by atoms with Crippen LogP contribution in [0.4, 0.5) is 0 Å². The van der Waals surface area contributed by atoms with Gasteiger partial charge in [-0.05, 0) is 23.8 Å². The molecule has 114 valence electrons. The number of carbonyl (C=O) groups excluding carboxylic acids is 1. The van der Waals surface area contributed by atoms with E-state index in [1.807, 2.05) is 55.6 Å². The first-order valence-corrected chi connectivity index (χ1v) is 7.28. The van der Waals surface area contributed by atoms with Crippen LogP contribution in [0.5, 0.6) is 11.5 Å². The predicted molar refractivity (Wildman–Crippen MR) is 84.1 cm³/mol. The maximum absolute atomic E-state index is 12.7. The van der Waals surface area contributed by atoms with Gasteiger partial charge in [0.05, 0.1) is 7.11 Å². The zero-order valence-corrected chi connectivity index (χ0v) is 12.8. The number of ether oxygens (including phenoxy) is 2. The lowest BCUT2D eigenvalue weighted by Gasteiger charge is -2.21. The van der Waals surface area contributed by atoms with Crippen molar-refractivity contribution >= 4 is 5.91 Å². The van der Waals surface area contributed by atoms with E-state index in [2.05, 4.69) is 0 Å². The molecule has 0 aromatic heterocycles. The number of hydrogen-bond acceptors (Lipinski definition) is 3. The van der Waals surface area contributed by atoms with Crippen molar-refractivity contribution in [2.24, 2.45) is 0 Å². The molecule has 0 N–H and O–H groups in total. The van der Waals surface area contributed by atoms with Gasteiger partial charge in [-0.1, -0.05) is 30.3 Å². The van der Waals surface area contributed by atoms with Gasteiger partial charge in [-0.2, -0.15) is 0 Å². The van der Waals surface area contributed by atoms with Crippen molar-refractivity contribution in [3.8, 4) is 11.5 Å². The van der Waals surface area contributed by atoms with Crippen molar-refractivity contribution in [2.75, 3.05) is 20.8 Å². The van der Waals surface area contributed by atoms with Crippen LogP contribution in [0.3, 0.4) is 0 Å². The summed E-state index contributed by atoms with van der Waals surface area (Å²) in [5.41, 5.74) is 2.02. The van der Waals surface area contributed by atoms with Gasteiger partial charge in [0.2, 0.25) is 5.91 Å². The first-order valence-electron chi connectivity index (χ1n) is 7.28. The number of fused-ring (bicyclic) bond motifs is 1. The van der Waals surface area contributed by atoms with Crippen molar-refractivity contribution in [3.05, 3.63) is 59.7 Å². The zero-order chi connectivity index (χ0) is 15.5. The Morgan fingerprint density at radius 1 is 1.27 bits per heavy atom. The average molecular weight is 297 g/mol. The van der Waals surface area contributed by atoms with E-state index in [4.69, 9.17) is 9.47 Å². The van der Waals surface area contributed by atoms with Gasteiger partial charge in [-0.3, -0.25) is 4.79 Å². The molecule has 1 amide bonds. The summed E-state index contributed by atoms with van der Waals surface area (Å²) in [7, 11) is 3.46. The first kappa shape index (κ1) is 14.4. The fraction of sp³-hybridized carbons (Fsp3) is 0.278. The van der Waals surface area contributed by atoms with Gasteiger partial charge in [-0.15, -0.1) is 0 Å². The molecule has 1 aliphatic rings. The lowest BCUT2D eigenvalue weighted by Crippen LogP contribution is -2.32. The number of carbonyl (C=O) groups is 1. The van der Waals surface area contributed by atoms with Crippen LogP contribution in [0, 0.1) is 0 Å². The summed E-state index contributed by atoms with van der Waals surface area (Å²) in [4.78, 5) is 14.4. The zero-order valence-electron chi connectivity index (χ0n) is 12.8. The average Bonchev–Trinajstić information content (AvgIpc) is 2.98. The number of hydrogen-bond donors (Lipinski definition) is 0. The van der Waals surface area contributed by atoms with E-state index >= 15 is 0 Å². The van der Waals surface area contributed by atoms with Gasteiger partial charge in [0.15, 0.2) is 0 Å². The number of benzene rings is 2. The normalized spacial score (nSPS) is 15.8. The minimum absolute atomic E-state index is 0.0766. The third-order valence-corrected chi connectivity index (χ3v) is 3.93. The lowest BCUT2D eigenvalue weighted by atomic mass is 10.00. The Bertz CT molecular complexity index is 684. The number of nitrogens with zero attached hydrogens (tertiary/aromatic N) is 1. The highest BCUT2D eigenvalue weighted by Gasteiger charge is 2.31. The highest BCUT2D eigenvalue weighted by molar-refractivity contribution is 5.85. The van der Waals surface area contributed by atoms with E-state index in [1.165, 1.54) is 0 Å².